The summed E-state index contributed by atoms with van der Waals surface area (Å²) in [4.78, 5) is 0. The van der Waals surface area contributed by atoms with Gasteiger partial charge in [0.25, 0.3) is 0 Å². The molecule has 4 rings (SSSR count). The summed E-state index contributed by atoms with van der Waals surface area (Å²) in [5.74, 6) is 2.65. The number of rotatable bonds is 9. The van der Waals surface area contributed by atoms with E-state index in [0.717, 1.165) is 42.9 Å². The van der Waals surface area contributed by atoms with Gasteiger partial charge in [0.05, 0.1) is 21.3 Å². The first kappa shape index (κ1) is 21.8. The molecule has 0 amide bonds. The molecule has 0 aromatic heterocycles. The maximum absolute atomic E-state index is 5.70. The Morgan fingerprint density at radius 2 is 1.09 bits per heavy atom. The highest BCUT2D eigenvalue weighted by Crippen LogP contribution is 2.31. The summed E-state index contributed by atoms with van der Waals surface area (Å²) in [6, 6.07) is 27.8. The van der Waals surface area contributed by atoms with Crippen molar-refractivity contribution in [3.63, 3.8) is 0 Å². The van der Waals surface area contributed by atoms with Gasteiger partial charge in [-0.25, -0.2) is 0 Å². The van der Waals surface area contributed by atoms with Gasteiger partial charge in [0.1, 0.15) is 17.2 Å². The topological polar surface area (TPSA) is 27.7 Å². The van der Waals surface area contributed by atoms with Gasteiger partial charge in [-0.05, 0) is 76.9 Å². The highest BCUT2D eigenvalue weighted by molar-refractivity contribution is 5.83. The van der Waals surface area contributed by atoms with E-state index in [1.54, 1.807) is 21.3 Å². The monoisotopic (exact) mass is 426 g/mol. The summed E-state index contributed by atoms with van der Waals surface area (Å²) in [5, 5.41) is 2.56. The second-order valence-electron chi connectivity index (χ2n) is 8.01. The molecule has 0 atom stereocenters. The zero-order valence-electron chi connectivity index (χ0n) is 19.1. The summed E-state index contributed by atoms with van der Waals surface area (Å²) >= 11 is 0. The van der Waals surface area contributed by atoms with E-state index in [1.807, 2.05) is 18.2 Å². The smallest absolute Gasteiger partial charge is 0.125 e. The summed E-state index contributed by atoms with van der Waals surface area (Å²) in [6.07, 6.45) is 3.73. The molecule has 0 bridgehead atoms. The van der Waals surface area contributed by atoms with Gasteiger partial charge in [-0.15, -0.1) is 0 Å². The zero-order valence-corrected chi connectivity index (χ0v) is 19.1. The molecular weight excluding hydrogens is 396 g/mol. The van der Waals surface area contributed by atoms with Crippen LogP contribution in [0.1, 0.15) is 22.3 Å². The Labute approximate surface area is 190 Å². The molecule has 4 aromatic carbocycles. The molecule has 164 valence electrons. The van der Waals surface area contributed by atoms with Crippen LogP contribution < -0.4 is 14.2 Å². The van der Waals surface area contributed by atoms with Gasteiger partial charge in [-0.3, -0.25) is 0 Å². The van der Waals surface area contributed by atoms with Gasteiger partial charge in [0.15, 0.2) is 0 Å². The molecule has 0 aliphatic rings. The lowest BCUT2D eigenvalue weighted by Crippen LogP contribution is -2.02. The highest BCUT2D eigenvalue weighted by atomic mass is 16.5. The number of hydrogen-bond acceptors (Lipinski definition) is 3. The molecule has 4 aromatic rings. The van der Waals surface area contributed by atoms with E-state index in [-0.39, 0.29) is 0 Å². The van der Waals surface area contributed by atoms with Gasteiger partial charge in [-0.1, -0.05) is 54.6 Å². The molecule has 0 aliphatic heterocycles. The molecule has 0 saturated heterocycles. The largest absolute Gasteiger partial charge is 0.497 e. The van der Waals surface area contributed by atoms with Crippen LogP contribution in [0.15, 0.2) is 78.9 Å². The zero-order chi connectivity index (χ0) is 22.3. The molecule has 0 heterocycles. The number of benzene rings is 4. The van der Waals surface area contributed by atoms with Crippen molar-refractivity contribution in [3.05, 3.63) is 101 Å². The minimum absolute atomic E-state index is 0.879. The number of methoxy groups -OCH3 is 3. The van der Waals surface area contributed by atoms with Crippen molar-refractivity contribution in [1.29, 1.82) is 0 Å². The number of ether oxygens (including phenoxy) is 3. The Kier molecular flexibility index (Phi) is 6.96. The summed E-state index contributed by atoms with van der Waals surface area (Å²) in [6.45, 7) is 0. The SMILES string of the molecule is COc1ccc(CCc2cc(CCc3ccc4ccccc4c3)c(OC)cc2OC)cc1. The van der Waals surface area contributed by atoms with E-state index in [1.165, 1.54) is 33.0 Å². The third kappa shape index (κ3) is 5.05. The minimum Gasteiger partial charge on any atom is -0.497 e. The first-order valence-electron chi connectivity index (χ1n) is 11.0. The molecule has 0 unspecified atom stereocenters. The quantitative estimate of drug-likeness (QED) is 0.308. The van der Waals surface area contributed by atoms with Crippen LogP contribution in [0.5, 0.6) is 17.2 Å². The van der Waals surface area contributed by atoms with Crippen LogP contribution in [-0.4, -0.2) is 21.3 Å². The molecular formula is C29H30O3. The average molecular weight is 427 g/mol. The number of hydrogen-bond donors (Lipinski definition) is 0. The fraction of sp³-hybridized carbons (Fsp3) is 0.241. The Balaban J connectivity index is 1.52. The van der Waals surface area contributed by atoms with E-state index in [0.29, 0.717) is 0 Å². The van der Waals surface area contributed by atoms with Crippen molar-refractivity contribution in [2.24, 2.45) is 0 Å². The number of fused-ring (bicyclic) bond motifs is 1. The van der Waals surface area contributed by atoms with E-state index in [2.05, 4.69) is 60.7 Å². The maximum atomic E-state index is 5.70. The van der Waals surface area contributed by atoms with Gasteiger partial charge in [0.2, 0.25) is 0 Å². The van der Waals surface area contributed by atoms with Crippen molar-refractivity contribution < 1.29 is 14.2 Å². The molecule has 3 heteroatoms. The first-order valence-corrected chi connectivity index (χ1v) is 11.0. The first-order chi connectivity index (χ1) is 15.7. The van der Waals surface area contributed by atoms with Crippen LogP contribution in [0.2, 0.25) is 0 Å². The van der Waals surface area contributed by atoms with E-state index in [9.17, 15) is 0 Å². The lowest BCUT2D eigenvalue weighted by atomic mass is 9.96. The van der Waals surface area contributed by atoms with Crippen molar-refractivity contribution in [2.75, 3.05) is 21.3 Å². The lowest BCUT2D eigenvalue weighted by Gasteiger charge is -2.15. The molecule has 0 fully saturated rings. The van der Waals surface area contributed by atoms with Crippen LogP contribution in [-0.2, 0) is 25.7 Å². The van der Waals surface area contributed by atoms with E-state index in [4.69, 9.17) is 14.2 Å². The third-order valence-electron chi connectivity index (χ3n) is 6.02. The lowest BCUT2D eigenvalue weighted by molar-refractivity contribution is 0.388. The minimum atomic E-state index is 0.879. The van der Waals surface area contributed by atoms with Crippen LogP contribution >= 0.6 is 0 Å². The Morgan fingerprint density at radius 1 is 0.500 bits per heavy atom. The molecule has 0 aliphatic carbocycles. The molecule has 0 N–H and O–H groups in total. The van der Waals surface area contributed by atoms with Gasteiger partial charge in [0, 0.05) is 6.07 Å². The maximum Gasteiger partial charge on any atom is 0.125 e. The van der Waals surface area contributed by atoms with Crippen LogP contribution in [0.4, 0.5) is 0 Å². The van der Waals surface area contributed by atoms with Crippen LogP contribution in [0.3, 0.4) is 0 Å². The molecule has 0 spiro atoms. The van der Waals surface area contributed by atoms with Crippen LogP contribution in [0, 0.1) is 0 Å². The van der Waals surface area contributed by atoms with Crippen molar-refractivity contribution in [1.82, 2.24) is 0 Å². The Morgan fingerprint density at radius 3 is 1.72 bits per heavy atom. The molecule has 3 nitrogen and oxygen atoms in total. The fourth-order valence-corrected chi connectivity index (χ4v) is 4.17. The summed E-state index contributed by atoms with van der Waals surface area (Å²) in [5.41, 5.74) is 5.03. The molecule has 0 radical (unpaired) electrons. The summed E-state index contributed by atoms with van der Waals surface area (Å²) in [7, 11) is 5.14. The van der Waals surface area contributed by atoms with Gasteiger partial charge >= 0.3 is 0 Å². The number of aryl methyl sites for hydroxylation is 4. The fourth-order valence-electron chi connectivity index (χ4n) is 4.17. The average Bonchev–Trinajstić information content (AvgIpc) is 2.86. The van der Waals surface area contributed by atoms with Gasteiger partial charge < -0.3 is 14.2 Å². The standard InChI is InChI=1S/C29H30O3/c1-30-27-16-11-21(12-17-27)8-14-25-19-26(29(32-3)20-28(25)31-2)15-10-22-9-13-23-6-4-5-7-24(23)18-22/h4-7,9,11-13,16-20H,8,10,14-15H2,1-3H3. The molecule has 0 saturated carbocycles. The predicted molar refractivity (Wildman–Crippen MR) is 131 cm³/mol. The highest BCUT2D eigenvalue weighted by Gasteiger charge is 2.12. The van der Waals surface area contributed by atoms with Crippen molar-refractivity contribution >= 4 is 10.8 Å². The third-order valence-corrected chi connectivity index (χ3v) is 6.02. The molecule has 32 heavy (non-hydrogen) atoms. The van der Waals surface area contributed by atoms with Crippen molar-refractivity contribution in [3.8, 4) is 17.2 Å². The predicted octanol–water partition coefficient (Wildman–Crippen LogP) is 6.44. The van der Waals surface area contributed by atoms with E-state index >= 15 is 0 Å². The second-order valence-corrected chi connectivity index (χ2v) is 8.01. The second kappa shape index (κ2) is 10.2. The van der Waals surface area contributed by atoms with Crippen LogP contribution in [0.25, 0.3) is 10.8 Å². The van der Waals surface area contributed by atoms with Gasteiger partial charge in [-0.2, -0.15) is 0 Å². The summed E-state index contributed by atoms with van der Waals surface area (Å²) < 4.78 is 16.6. The van der Waals surface area contributed by atoms with Crippen molar-refractivity contribution in [2.45, 2.75) is 25.7 Å². The Bertz CT molecular complexity index is 1180. The van der Waals surface area contributed by atoms with E-state index < -0.39 is 0 Å². The normalized spacial score (nSPS) is 10.8. The Hall–Kier alpha value is -3.46.